The highest BCUT2D eigenvalue weighted by atomic mass is 16.5. The number of ether oxygens (including phenoxy) is 1. The topological polar surface area (TPSA) is 46.6 Å². The Morgan fingerprint density at radius 1 is 1.37 bits per heavy atom. The van der Waals surface area contributed by atoms with Crippen LogP contribution in [0.2, 0.25) is 0 Å². The summed E-state index contributed by atoms with van der Waals surface area (Å²) in [6, 6.07) is 7.75. The molecule has 0 aliphatic carbocycles. The van der Waals surface area contributed by atoms with Crippen LogP contribution < -0.4 is 4.74 Å². The zero-order valence-corrected chi connectivity index (χ0v) is 11.0. The predicted octanol–water partition coefficient (Wildman–Crippen LogP) is 1.43. The van der Waals surface area contributed by atoms with E-state index < -0.39 is 6.10 Å². The summed E-state index contributed by atoms with van der Waals surface area (Å²) in [5.41, 5.74) is 1.09. The van der Waals surface area contributed by atoms with Gasteiger partial charge in [-0.15, -0.1) is 0 Å². The van der Waals surface area contributed by atoms with Gasteiger partial charge in [0.05, 0.1) is 0 Å². The second kappa shape index (κ2) is 4.68. The van der Waals surface area contributed by atoms with Crippen LogP contribution in [0.3, 0.4) is 0 Å². The lowest BCUT2D eigenvalue weighted by Crippen LogP contribution is -2.48. The van der Waals surface area contributed by atoms with Crippen molar-refractivity contribution in [2.24, 2.45) is 5.92 Å². The molecule has 2 aliphatic rings. The van der Waals surface area contributed by atoms with Gasteiger partial charge in [0.1, 0.15) is 11.5 Å². The average molecular weight is 259 g/mol. The molecule has 1 amide bonds. The van der Waals surface area contributed by atoms with Gasteiger partial charge in [-0.25, -0.2) is 0 Å². The van der Waals surface area contributed by atoms with Crippen LogP contribution in [-0.4, -0.2) is 35.8 Å². The average Bonchev–Trinajstić information content (AvgIpc) is 2.85. The number of Topliss-reactive ketones (excluding diaryl/α,β-unsaturated/α-hetero) is 1. The molecular formula is C15H17NO3. The zero-order valence-electron chi connectivity index (χ0n) is 11.0. The molecule has 0 N–H and O–H groups in total. The molecule has 19 heavy (non-hydrogen) atoms. The molecule has 1 fully saturated rings. The first-order chi connectivity index (χ1) is 9.15. The van der Waals surface area contributed by atoms with Gasteiger partial charge < -0.3 is 9.64 Å². The molecule has 1 aromatic rings. The summed E-state index contributed by atoms with van der Waals surface area (Å²) < 4.78 is 5.71. The number of likely N-dealkylation sites (tertiary alicyclic amines) is 1. The van der Waals surface area contributed by atoms with E-state index in [1.165, 1.54) is 0 Å². The quantitative estimate of drug-likeness (QED) is 0.766. The summed E-state index contributed by atoms with van der Waals surface area (Å²) in [7, 11) is 0. The van der Waals surface area contributed by atoms with Gasteiger partial charge in [0, 0.05) is 31.8 Å². The van der Waals surface area contributed by atoms with Crippen LogP contribution in [0.5, 0.6) is 5.75 Å². The summed E-state index contributed by atoms with van der Waals surface area (Å²) in [6.07, 6.45) is 0.679. The number of hydrogen-bond acceptors (Lipinski definition) is 3. The van der Waals surface area contributed by atoms with Crippen LogP contribution in [0, 0.1) is 5.92 Å². The smallest absolute Gasteiger partial charge is 0.264 e. The van der Waals surface area contributed by atoms with E-state index in [9.17, 15) is 9.59 Å². The van der Waals surface area contributed by atoms with Crippen LogP contribution in [-0.2, 0) is 16.0 Å². The molecule has 2 atom stereocenters. The summed E-state index contributed by atoms with van der Waals surface area (Å²) in [5.74, 6) is 1.01. The van der Waals surface area contributed by atoms with Gasteiger partial charge in [-0.1, -0.05) is 25.1 Å². The minimum Gasteiger partial charge on any atom is -0.480 e. The van der Waals surface area contributed by atoms with Gasteiger partial charge in [-0.3, -0.25) is 9.59 Å². The third-order valence-electron chi connectivity index (χ3n) is 3.91. The second-order valence-corrected chi connectivity index (χ2v) is 5.32. The number of para-hydroxylation sites is 1. The molecule has 0 bridgehead atoms. The maximum atomic E-state index is 12.4. The summed E-state index contributed by atoms with van der Waals surface area (Å²) in [4.78, 5) is 25.7. The van der Waals surface area contributed by atoms with Crippen LogP contribution in [0.1, 0.15) is 18.9 Å². The molecule has 0 spiro atoms. The number of rotatable bonds is 1. The van der Waals surface area contributed by atoms with Crippen LogP contribution >= 0.6 is 0 Å². The van der Waals surface area contributed by atoms with Gasteiger partial charge in [0.15, 0.2) is 6.10 Å². The van der Waals surface area contributed by atoms with E-state index >= 15 is 0 Å². The first-order valence-electron chi connectivity index (χ1n) is 6.71. The molecule has 2 unspecified atom stereocenters. The molecular weight excluding hydrogens is 242 g/mol. The van der Waals surface area contributed by atoms with Crippen LogP contribution in [0.25, 0.3) is 0 Å². The summed E-state index contributed by atoms with van der Waals surface area (Å²) in [6.45, 7) is 2.93. The third-order valence-corrected chi connectivity index (χ3v) is 3.91. The standard InChI is InChI=1S/C15H17NO3/c1-10-9-16(7-6-12(10)17)15(18)14-8-11-4-2-3-5-13(11)19-14/h2-5,10,14H,6-9H2,1H3. The molecule has 4 nitrogen and oxygen atoms in total. The Labute approximate surface area is 112 Å². The lowest BCUT2D eigenvalue weighted by molar-refractivity contribution is -0.142. The molecule has 0 radical (unpaired) electrons. The second-order valence-electron chi connectivity index (χ2n) is 5.32. The number of nitrogens with zero attached hydrogens (tertiary/aromatic N) is 1. The first-order valence-corrected chi connectivity index (χ1v) is 6.71. The van der Waals surface area contributed by atoms with Crippen molar-refractivity contribution in [3.63, 3.8) is 0 Å². The largest absolute Gasteiger partial charge is 0.480 e. The van der Waals surface area contributed by atoms with Gasteiger partial charge in [0.2, 0.25) is 0 Å². The molecule has 0 aromatic heterocycles. The fraction of sp³-hybridized carbons (Fsp3) is 0.467. The van der Waals surface area contributed by atoms with Crippen molar-refractivity contribution in [3.8, 4) is 5.75 Å². The maximum absolute atomic E-state index is 12.4. The van der Waals surface area contributed by atoms with E-state index in [0.717, 1.165) is 11.3 Å². The number of fused-ring (bicyclic) bond motifs is 1. The van der Waals surface area contributed by atoms with E-state index in [-0.39, 0.29) is 17.6 Å². The lowest BCUT2D eigenvalue weighted by atomic mass is 9.98. The third kappa shape index (κ3) is 2.23. The van der Waals surface area contributed by atoms with Gasteiger partial charge in [-0.2, -0.15) is 0 Å². The summed E-state index contributed by atoms with van der Waals surface area (Å²) in [5, 5.41) is 0. The van der Waals surface area contributed by atoms with E-state index in [1.54, 1.807) is 4.90 Å². The molecule has 100 valence electrons. The van der Waals surface area contributed by atoms with Crippen molar-refractivity contribution in [2.45, 2.75) is 25.9 Å². The number of hydrogen-bond donors (Lipinski definition) is 0. The van der Waals surface area contributed by atoms with Crippen molar-refractivity contribution in [3.05, 3.63) is 29.8 Å². The SMILES string of the molecule is CC1CN(C(=O)C2Cc3ccccc3O2)CCC1=O. The lowest BCUT2D eigenvalue weighted by Gasteiger charge is -2.31. The molecule has 3 rings (SSSR count). The Bertz CT molecular complexity index is 501. The number of benzene rings is 1. The Morgan fingerprint density at radius 3 is 2.89 bits per heavy atom. The predicted molar refractivity (Wildman–Crippen MR) is 69.9 cm³/mol. The highest BCUT2D eigenvalue weighted by Crippen LogP contribution is 2.29. The van der Waals surface area contributed by atoms with Gasteiger partial charge >= 0.3 is 0 Å². The van der Waals surface area contributed by atoms with Crippen LogP contribution in [0.15, 0.2) is 24.3 Å². The number of carbonyl (C=O) groups excluding carboxylic acids is 2. The Hall–Kier alpha value is -1.84. The molecule has 2 heterocycles. The molecule has 2 aliphatic heterocycles. The monoisotopic (exact) mass is 259 g/mol. The van der Waals surface area contributed by atoms with Crippen molar-refractivity contribution in [2.75, 3.05) is 13.1 Å². The molecule has 4 heteroatoms. The fourth-order valence-corrected chi connectivity index (χ4v) is 2.74. The highest BCUT2D eigenvalue weighted by Gasteiger charge is 2.35. The molecule has 1 saturated heterocycles. The van der Waals surface area contributed by atoms with Gasteiger partial charge in [0.25, 0.3) is 5.91 Å². The number of ketones is 1. The van der Waals surface area contributed by atoms with Crippen molar-refractivity contribution < 1.29 is 14.3 Å². The maximum Gasteiger partial charge on any atom is 0.264 e. The zero-order chi connectivity index (χ0) is 13.4. The Kier molecular flexibility index (Phi) is 3.01. The van der Waals surface area contributed by atoms with Crippen LogP contribution in [0.4, 0.5) is 0 Å². The molecule has 1 aromatic carbocycles. The van der Waals surface area contributed by atoms with E-state index in [0.29, 0.717) is 25.9 Å². The van der Waals surface area contributed by atoms with E-state index in [2.05, 4.69) is 0 Å². The minimum absolute atomic E-state index is 0.00977. The highest BCUT2D eigenvalue weighted by molar-refractivity contribution is 5.87. The van der Waals surface area contributed by atoms with Crippen molar-refractivity contribution in [1.29, 1.82) is 0 Å². The minimum atomic E-state index is -0.419. The van der Waals surface area contributed by atoms with E-state index in [1.807, 2.05) is 31.2 Å². The number of amides is 1. The van der Waals surface area contributed by atoms with Crippen molar-refractivity contribution in [1.82, 2.24) is 4.90 Å². The summed E-state index contributed by atoms with van der Waals surface area (Å²) >= 11 is 0. The first kappa shape index (κ1) is 12.2. The normalized spacial score (nSPS) is 25.9. The number of carbonyl (C=O) groups is 2. The Balaban J connectivity index is 1.68. The fourth-order valence-electron chi connectivity index (χ4n) is 2.74. The van der Waals surface area contributed by atoms with E-state index in [4.69, 9.17) is 4.74 Å². The van der Waals surface area contributed by atoms with Crippen molar-refractivity contribution >= 4 is 11.7 Å². The molecule has 0 saturated carbocycles. The Morgan fingerprint density at radius 2 is 2.16 bits per heavy atom. The van der Waals surface area contributed by atoms with Gasteiger partial charge in [-0.05, 0) is 11.6 Å². The number of piperidine rings is 1.